The van der Waals surface area contributed by atoms with Crippen LogP contribution in [0.2, 0.25) is 0 Å². The highest BCUT2D eigenvalue weighted by molar-refractivity contribution is 5.76. The SMILES string of the molecule is Cc1nc(=O)n(CCC2CCC2)c(C)c1C(C)C(=O)O. The van der Waals surface area contributed by atoms with Crippen LogP contribution in [0, 0.1) is 19.8 Å². The van der Waals surface area contributed by atoms with Gasteiger partial charge in [0.15, 0.2) is 0 Å². The molecular formula is C15H22N2O3. The van der Waals surface area contributed by atoms with E-state index in [0.29, 0.717) is 23.7 Å². The predicted octanol–water partition coefficient (Wildman–Crippen LogP) is 2.24. The van der Waals surface area contributed by atoms with Crippen molar-refractivity contribution in [3.05, 3.63) is 27.4 Å². The molecule has 5 nitrogen and oxygen atoms in total. The summed E-state index contributed by atoms with van der Waals surface area (Å²) in [6.07, 6.45) is 4.75. The van der Waals surface area contributed by atoms with Crippen molar-refractivity contribution in [2.75, 3.05) is 0 Å². The fourth-order valence-corrected chi connectivity index (χ4v) is 2.92. The van der Waals surface area contributed by atoms with Gasteiger partial charge in [-0.3, -0.25) is 9.36 Å². The summed E-state index contributed by atoms with van der Waals surface area (Å²) in [5.41, 5.74) is 1.69. The molecule has 0 spiro atoms. The minimum atomic E-state index is -0.887. The smallest absolute Gasteiger partial charge is 0.347 e. The van der Waals surface area contributed by atoms with Gasteiger partial charge in [-0.15, -0.1) is 0 Å². The van der Waals surface area contributed by atoms with Crippen LogP contribution >= 0.6 is 0 Å². The van der Waals surface area contributed by atoms with Crippen LogP contribution in [0.3, 0.4) is 0 Å². The Hall–Kier alpha value is -1.65. The van der Waals surface area contributed by atoms with E-state index in [1.165, 1.54) is 19.3 Å². The molecule has 110 valence electrons. The molecule has 20 heavy (non-hydrogen) atoms. The molecule has 0 bridgehead atoms. The Morgan fingerprint density at radius 2 is 2.10 bits per heavy atom. The molecule has 1 aliphatic rings. The maximum atomic E-state index is 12.0. The lowest BCUT2D eigenvalue weighted by Crippen LogP contribution is -2.30. The van der Waals surface area contributed by atoms with Crippen LogP contribution < -0.4 is 5.69 Å². The number of hydrogen-bond donors (Lipinski definition) is 1. The summed E-state index contributed by atoms with van der Waals surface area (Å²) < 4.78 is 1.64. The second-order valence-corrected chi connectivity index (χ2v) is 5.78. The third-order valence-electron chi connectivity index (χ3n) is 4.47. The predicted molar refractivity (Wildman–Crippen MR) is 76.0 cm³/mol. The van der Waals surface area contributed by atoms with Gasteiger partial charge in [-0.05, 0) is 33.1 Å². The molecule has 1 aliphatic carbocycles. The summed E-state index contributed by atoms with van der Waals surface area (Å²) in [6.45, 7) is 5.81. The summed E-state index contributed by atoms with van der Waals surface area (Å²) in [6, 6.07) is 0. The highest BCUT2D eigenvalue weighted by atomic mass is 16.4. The largest absolute Gasteiger partial charge is 0.481 e. The number of carbonyl (C=O) groups is 1. The van der Waals surface area contributed by atoms with Crippen molar-refractivity contribution < 1.29 is 9.90 Å². The number of carboxylic acid groups (broad SMARTS) is 1. The average molecular weight is 278 g/mol. The Morgan fingerprint density at radius 1 is 1.45 bits per heavy atom. The Balaban J connectivity index is 2.33. The standard InChI is InChI=1S/C15H22N2O3/c1-9(14(18)19)13-10(2)16-15(20)17(11(13)3)8-7-12-5-4-6-12/h9,12H,4-8H2,1-3H3,(H,18,19). The van der Waals surface area contributed by atoms with Crippen molar-refractivity contribution in [3.8, 4) is 0 Å². The van der Waals surface area contributed by atoms with Crippen molar-refractivity contribution in [1.82, 2.24) is 9.55 Å². The molecule has 0 saturated heterocycles. The zero-order valence-electron chi connectivity index (χ0n) is 12.3. The minimum absolute atomic E-state index is 0.263. The normalized spacial score (nSPS) is 16.8. The Bertz CT molecular complexity index is 573. The van der Waals surface area contributed by atoms with Gasteiger partial charge in [-0.1, -0.05) is 19.3 Å². The lowest BCUT2D eigenvalue weighted by atomic mass is 9.83. The van der Waals surface area contributed by atoms with Gasteiger partial charge in [0.1, 0.15) is 0 Å². The van der Waals surface area contributed by atoms with Gasteiger partial charge < -0.3 is 5.11 Å². The molecule has 2 rings (SSSR count). The second kappa shape index (κ2) is 5.77. The van der Waals surface area contributed by atoms with Gasteiger partial charge in [0.2, 0.25) is 0 Å². The Labute approximate surface area is 118 Å². The van der Waals surface area contributed by atoms with E-state index in [1.54, 1.807) is 18.4 Å². The van der Waals surface area contributed by atoms with E-state index in [2.05, 4.69) is 4.98 Å². The van der Waals surface area contributed by atoms with Crippen LogP contribution in [0.15, 0.2) is 4.79 Å². The Kier molecular flexibility index (Phi) is 4.26. The van der Waals surface area contributed by atoms with Crippen LogP contribution in [-0.4, -0.2) is 20.6 Å². The summed E-state index contributed by atoms with van der Waals surface area (Å²) in [4.78, 5) is 27.2. The molecule has 1 aromatic rings. The van der Waals surface area contributed by atoms with Gasteiger partial charge in [0, 0.05) is 23.5 Å². The van der Waals surface area contributed by atoms with Gasteiger partial charge in [0.25, 0.3) is 0 Å². The van der Waals surface area contributed by atoms with Gasteiger partial charge >= 0.3 is 11.7 Å². The molecule has 0 radical (unpaired) electrons. The van der Waals surface area contributed by atoms with Crippen molar-refractivity contribution in [3.63, 3.8) is 0 Å². The van der Waals surface area contributed by atoms with E-state index in [9.17, 15) is 14.7 Å². The van der Waals surface area contributed by atoms with Crippen LogP contribution in [0.1, 0.15) is 55.5 Å². The molecule has 0 aliphatic heterocycles. The molecule has 1 unspecified atom stereocenters. The number of hydrogen-bond acceptors (Lipinski definition) is 3. The summed E-state index contributed by atoms with van der Waals surface area (Å²) in [7, 11) is 0. The first kappa shape index (κ1) is 14.8. The monoisotopic (exact) mass is 278 g/mol. The summed E-state index contributed by atoms with van der Waals surface area (Å²) in [5, 5.41) is 9.19. The molecule has 5 heteroatoms. The van der Waals surface area contributed by atoms with Crippen LogP contribution in [0.5, 0.6) is 0 Å². The van der Waals surface area contributed by atoms with Gasteiger partial charge in [-0.25, -0.2) is 4.79 Å². The van der Waals surface area contributed by atoms with Crippen molar-refractivity contribution in [2.45, 2.75) is 58.9 Å². The van der Waals surface area contributed by atoms with Crippen molar-refractivity contribution >= 4 is 5.97 Å². The fourth-order valence-electron chi connectivity index (χ4n) is 2.92. The number of rotatable bonds is 5. The number of aromatic nitrogens is 2. The molecule has 1 N–H and O–H groups in total. The molecule has 1 fully saturated rings. The fraction of sp³-hybridized carbons (Fsp3) is 0.667. The first-order valence-corrected chi connectivity index (χ1v) is 7.22. The second-order valence-electron chi connectivity index (χ2n) is 5.78. The first-order chi connectivity index (χ1) is 9.41. The molecule has 1 aromatic heterocycles. The molecule has 1 heterocycles. The van der Waals surface area contributed by atoms with Crippen molar-refractivity contribution in [1.29, 1.82) is 0 Å². The number of aliphatic carboxylic acids is 1. The maximum Gasteiger partial charge on any atom is 0.347 e. The lowest BCUT2D eigenvalue weighted by Gasteiger charge is -2.26. The molecule has 1 atom stereocenters. The van der Waals surface area contributed by atoms with E-state index in [0.717, 1.165) is 12.1 Å². The summed E-state index contributed by atoms with van der Waals surface area (Å²) >= 11 is 0. The first-order valence-electron chi connectivity index (χ1n) is 7.22. The quantitative estimate of drug-likeness (QED) is 0.896. The highest BCUT2D eigenvalue weighted by Gasteiger charge is 2.23. The number of nitrogens with zero attached hydrogens (tertiary/aromatic N) is 2. The average Bonchev–Trinajstić information content (AvgIpc) is 2.30. The zero-order chi connectivity index (χ0) is 14.9. The van der Waals surface area contributed by atoms with E-state index in [1.807, 2.05) is 6.92 Å². The van der Waals surface area contributed by atoms with Crippen LogP contribution in [0.25, 0.3) is 0 Å². The number of carboxylic acids is 1. The minimum Gasteiger partial charge on any atom is -0.481 e. The van der Waals surface area contributed by atoms with Crippen LogP contribution in [0.4, 0.5) is 0 Å². The van der Waals surface area contributed by atoms with Crippen molar-refractivity contribution in [2.24, 2.45) is 5.92 Å². The lowest BCUT2D eigenvalue weighted by molar-refractivity contribution is -0.138. The zero-order valence-corrected chi connectivity index (χ0v) is 12.3. The van der Waals surface area contributed by atoms with E-state index in [-0.39, 0.29) is 5.69 Å². The van der Waals surface area contributed by atoms with Crippen LogP contribution in [-0.2, 0) is 11.3 Å². The van der Waals surface area contributed by atoms with E-state index in [4.69, 9.17) is 0 Å². The summed E-state index contributed by atoms with van der Waals surface area (Å²) in [5.74, 6) is -0.816. The third-order valence-corrected chi connectivity index (χ3v) is 4.47. The van der Waals surface area contributed by atoms with Gasteiger partial charge in [-0.2, -0.15) is 4.98 Å². The Morgan fingerprint density at radius 3 is 2.60 bits per heavy atom. The molecule has 0 amide bonds. The topological polar surface area (TPSA) is 72.2 Å². The number of aryl methyl sites for hydroxylation is 1. The molecule has 1 saturated carbocycles. The van der Waals surface area contributed by atoms with E-state index < -0.39 is 11.9 Å². The van der Waals surface area contributed by atoms with Gasteiger partial charge in [0.05, 0.1) is 5.92 Å². The van der Waals surface area contributed by atoms with E-state index >= 15 is 0 Å². The molecular weight excluding hydrogens is 256 g/mol. The maximum absolute atomic E-state index is 12.0. The highest BCUT2D eigenvalue weighted by Crippen LogP contribution is 2.30. The molecule has 0 aromatic carbocycles. The third kappa shape index (κ3) is 2.76.